The highest BCUT2D eigenvalue weighted by atomic mass is 79.9. The molecule has 2 N–H and O–H groups in total. The van der Waals surface area contributed by atoms with Gasteiger partial charge in [-0.15, -0.1) is 10.2 Å². The summed E-state index contributed by atoms with van der Waals surface area (Å²) in [6, 6.07) is 18.2. The molecule has 1 aliphatic carbocycles. The lowest BCUT2D eigenvalue weighted by Gasteiger charge is -2.43. The maximum absolute atomic E-state index is 12.6. The van der Waals surface area contributed by atoms with Crippen molar-refractivity contribution in [1.82, 2.24) is 25.1 Å². The van der Waals surface area contributed by atoms with Gasteiger partial charge < -0.3 is 15.4 Å². The molecule has 0 saturated heterocycles. The molecule has 188 valence electrons. The van der Waals surface area contributed by atoms with Crippen LogP contribution in [0.4, 0.5) is 16.3 Å². The summed E-state index contributed by atoms with van der Waals surface area (Å²) in [5.41, 5.74) is 3.74. The Kier molecular flexibility index (Phi) is 5.56. The zero-order valence-electron chi connectivity index (χ0n) is 20.9. The van der Waals surface area contributed by atoms with E-state index in [1.807, 2.05) is 67.8 Å². The van der Waals surface area contributed by atoms with Crippen LogP contribution >= 0.6 is 15.9 Å². The summed E-state index contributed by atoms with van der Waals surface area (Å²) < 4.78 is 8.43. The number of nitrogens with one attached hydrogen (secondary N) is 2. The van der Waals surface area contributed by atoms with Gasteiger partial charge >= 0.3 is 6.09 Å². The quantitative estimate of drug-likeness (QED) is 0.255. The smallest absolute Gasteiger partial charge is 0.408 e. The molecule has 3 heterocycles. The first-order valence-electron chi connectivity index (χ1n) is 12.3. The van der Waals surface area contributed by atoms with Gasteiger partial charge in [0, 0.05) is 21.8 Å². The van der Waals surface area contributed by atoms with Gasteiger partial charge in [-0.3, -0.25) is 4.57 Å². The fourth-order valence-corrected chi connectivity index (χ4v) is 5.26. The number of para-hydroxylation sites is 1. The molecule has 2 aromatic heterocycles. The van der Waals surface area contributed by atoms with Gasteiger partial charge in [0.25, 0.3) is 0 Å². The average Bonchev–Trinajstić information content (AvgIpc) is 3.21. The fourth-order valence-electron chi connectivity index (χ4n) is 4.94. The molecule has 0 unspecified atom stereocenters. The van der Waals surface area contributed by atoms with Gasteiger partial charge in [-0.05, 0) is 79.7 Å². The van der Waals surface area contributed by atoms with E-state index >= 15 is 0 Å². The van der Waals surface area contributed by atoms with Crippen molar-refractivity contribution in [3.05, 3.63) is 70.8 Å². The second-order valence-corrected chi connectivity index (χ2v) is 11.4. The van der Waals surface area contributed by atoms with Gasteiger partial charge in [-0.1, -0.05) is 36.4 Å². The van der Waals surface area contributed by atoms with Crippen molar-refractivity contribution in [3.63, 3.8) is 0 Å². The number of carbonyl (C=O) groups is 1. The van der Waals surface area contributed by atoms with Gasteiger partial charge in [0.15, 0.2) is 17.5 Å². The summed E-state index contributed by atoms with van der Waals surface area (Å²) in [6.07, 6.45) is 4.19. The maximum Gasteiger partial charge on any atom is 0.408 e. The molecule has 2 aliphatic rings. The lowest BCUT2D eigenvalue weighted by molar-refractivity contribution is 0.0377. The SMILES string of the molecule is CC(C)(C)OC(=O)NC1(c2ccc(-c3nnc4n3-c3cc(Br)cnc3Nc3ccccc3-4)cc2)CCC1. The number of nitrogens with zero attached hydrogens (tertiary/aromatic N) is 4. The highest BCUT2D eigenvalue weighted by Crippen LogP contribution is 2.43. The van der Waals surface area contributed by atoms with E-state index in [-0.39, 0.29) is 6.09 Å². The number of alkyl carbamates (subject to hydrolysis) is 1. The number of pyridine rings is 1. The van der Waals surface area contributed by atoms with Crippen LogP contribution in [0, 0.1) is 0 Å². The Labute approximate surface area is 223 Å². The van der Waals surface area contributed by atoms with Crippen molar-refractivity contribution in [2.75, 3.05) is 5.32 Å². The lowest BCUT2D eigenvalue weighted by Crippen LogP contribution is -2.52. The number of aromatic nitrogens is 4. The minimum atomic E-state index is -0.544. The minimum Gasteiger partial charge on any atom is -0.444 e. The number of rotatable bonds is 3. The summed E-state index contributed by atoms with van der Waals surface area (Å²) in [4.78, 5) is 17.2. The summed E-state index contributed by atoms with van der Waals surface area (Å²) >= 11 is 3.57. The Bertz CT molecular complexity index is 1500. The van der Waals surface area contributed by atoms with E-state index in [0.29, 0.717) is 5.82 Å². The normalized spacial score (nSPS) is 15.2. The highest BCUT2D eigenvalue weighted by molar-refractivity contribution is 9.10. The summed E-state index contributed by atoms with van der Waals surface area (Å²) in [5.74, 6) is 2.17. The van der Waals surface area contributed by atoms with Gasteiger partial charge in [-0.2, -0.15) is 0 Å². The van der Waals surface area contributed by atoms with Gasteiger partial charge in [-0.25, -0.2) is 9.78 Å². The fraction of sp³-hybridized carbons (Fsp3) is 0.286. The monoisotopic (exact) mass is 558 g/mol. The van der Waals surface area contributed by atoms with Crippen LogP contribution in [-0.2, 0) is 10.3 Å². The molecule has 0 bridgehead atoms. The predicted octanol–water partition coefficient (Wildman–Crippen LogP) is 6.72. The topological polar surface area (TPSA) is 94.0 Å². The first-order chi connectivity index (χ1) is 17.7. The van der Waals surface area contributed by atoms with Gasteiger partial charge in [0.05, 0.1) is 16.9 Å². The van der Waals surface area contributed by atoms with Gasteiger partial charge in [0.2, 0.25) is 0 Å². The first kappa shape index (κ1) is 23.7. The van der Waals surface area contributed by atoms with Crippen LogP contribution in [0.2, 0.25) is 0 Å². The standard InChI is InChI=1S/C28H27BrN6O2/c1-27(2,3)37-26(36)32-28(13-6-14-28)18-11-9-17(10-12-18)24-33-34-25-20-7-4-5-8-21(20)31-23-22(35(24)25)15-19(29)16-30-23/h4-5,7-12,15-16H,6,13-14H2,1-3H3,(H,30,31)(H,32,36). The highest BCUT2D eigenvalue weighted by Gasteiger charge is 2.41. The third-order valence-corrected chi connectivity index (χ3v) is 7.24. The molecule has 1 saturated carbocycles. The first-order valence-corrected chi connectivity index (χ1v) is 13.1. The zero-order chi connectivity index (χ0) is 25.8. The van der Waals surface area contributed by atoms with E-state index in [2.05, 4.69) is 53.9 Å². The molecule has 9 heteroatoms. The van der Waals surface area contributed by atoms with E-state index in [9.17, 15) is 4.79 Å². The van der Waals surface area contributed by atoms with Crippen molar-refractivity contribution >= 4 is 33.5 Å². The molecule has 4 aromatic rings. The van der Waals surface area contributed by atoms with Crippen molar-refractivity contribution in [2.24, 2.45) is 0 Å². The number of benzene rings is 2. The molecular formula is C28H27BrN6O2. The van der Waals surface area contributed by atoms with Crippen LogP contribution in [-0.4, -0.2) is 31.4 Å². The van der Waals surface area contributed by atoms with E-state index < -0.39 is 11.1 Å². The molecule has 1 amide bonds. The van der Waals surface area contributed by atoms with Crippen molar-refractivity contribution in [3.8, 4) is 28.5 Å². The number of hydrogen-bond acceptors (Lipinski definition) is 6. The van der Waals surface area contributed by atoms with Crippen LogP contribution in [0.5, 0.6) is 0 Å². The molecule has 0 radical (unpaired) electrons. The summed E-state index contributed by atoms with van der Waals surface area (Å²) in [6.45, 7) is 5.61. The van der Waals surface area contributed by atoms with Crippen LogP contribution < -0.4 is 10.6 Å². The second-order valence-electron chi connectivity index (χ2n) is 10.5. The van der Waals surface area contributed by atoms with Crippen LogP contribution in [0.15, 0.2) is 65.3 Å². The Morgan fingerprint density at radius 3 is 2.51 bits per heavy atom. The molecule has 0 spiro atoms. The molecular weight excluding hydrogens is 532 g/mol. The van der Waals surface area contributed by atoms with Crippen LogP contribution in [0.3, 0.4) is 0 Å². The van der Waals surface area contributed by atoms with E-state index in [1.165, 1.54) is 0 Å². The van der Waals surface area contributed by atoms with Crippen molar-refractivity contribution in [1.29, 1.82) is 0 Å². The largest absolute Gasteiger partial charge is 0.444 e. The minimum absolute atomic E-state index is 0.389. The number of amides is 1. The summed E-state index contributed by atoms with van der Waals surface area (Å²) in [7, 11) is 0. The number of fused-ring (bicyclic) bond motifs is 5. The van der Waals surface area contributed by atoms with Crippen LogP contribution in [0.1, 0.15) is 45.6 Å². The molecule has 0 atom stereocenters. The molecule has 8 nitrogen and oxygen atoms in total. The number of anilines is 2. The number of halogens is 1. The Hall–Kier alpha value is -3.72. The van der Waals surface area contributed by atoms with E-state index in [0.717, 1.165) is 63.4 Å². The lowest BCUT2D eigenvalue weighted by atomic mass is 9.72. The summed E-state index contributed by atoms with van der Waals surface area (Å²) in [5, 5.41) is 15.8. The number of carbonyl (C=O) groups excluding carboxylic acids is 1. The second kappa shape index (κ2) is 8.69. The molecule has 1 aliphatic heterocycles. The molecule has 37 heavy (non-hydrogen) atoms. The van der Waals surface area contributed by atoms with Crippen molar-refractivity contribution < 1.29 is 9.53 Å². The van der Waals surface area contributed by atoms with Crippen molar-refractivity contribution in [2.45, 2.75) is 51.2 Å². The third kappa shape index (κ3) is 4.27. The Balaban J connectivity index is 1.39. The molecule has 1 fully saturated rings. The predicted molar refractivity (Wildman–Crippen MR) is 146 cm³/mol. The average molecular weight is 559 g/mol. The zero-order valence-corrected chi connectivity index (χ0v) is 22.5. The van der Waals surface area contributed by atoms with E-state index in [1.54, 1.807) is 6.20 Å². The molecule has 6 rings (SSSR count). The maximum atomic E-state index is 12.6. The van der Waals surface area contributed by atoms with E-state index in [4.69, 9.17) is 4.74 Å². The Morgan fingerprint density at radius 1 is 1.08 bits per heavy atom. The molecule has 2 aromatic carbocycles. The Morgan fingerprint density at radius 2 is 1.81 bits per heavy atom. The third-order valence-electron chi connectivity index (χ3n) is 6.80. The van der Waals surface area contributed by atoms with Gasteiger partial charge in [0.1, 0.15) is 5.60 Å². The van der Waals surface area contributed by atoms with Crippen LogP contribution in [0.25, 0.3) is 28.5 Å². The number of ether oxygens (including phenoxy) is 1. The number of hydrogen-bond donors (Lipinski definition) is 2.